The van der Waals surface area contributed by atoms with Gasteiger partial charge in [0.25, 0.3) is 0 Å². The summed E-state index contributed by atoms with van der Waals surface area (Å²) >= 11 is 0. The van der Waals surface area contributed by atoms with Crippen molar-refractivity contribution in [1.82, 2.24) is 0 Å². The molecule has 0 aliphatic heterocycles. The maximum absolute atomic E-state index is 13.0. The molecule has 0 radical (unpaired) electrons. The Morgan fingerprint density at radius 2 is 1.39 bits per heavy atom. The van der Waals surface area contributed by atoms with Gasteiger partial charge in [0.2, 0.25) is 11.7 Å². The van der Waals surface area contributed by atoms with E-state index in [-0.39, 0.29) is 12.3 Å². The Morgan fingerprint density at radius 1 is 0.786 bits per heavy atom. The van der Waals surface area contributed by atoms with Crippen LogP contribution in [-0.4, -0.2) is 48.0 Å². The Kier molecular flexibility index (Phi) is 7.37. The normalized spacial score (nSPS) is 10.2. The molecule has 0 unspecified atom stereocenters. The number of hydrogen-bond acceptors (Lipinski definition) is 6. The average molecular weight is 389 g/mol. The van der Waals surface area contributed by atoms with Gasteiger partial charge in [-0.3, -0.25) is 4.79 Å². The molecule has 28 heavy (non-hydrogen) atoms. The highest BCUT2D eigenvalue weighted by atomic mass is 16.5. The molecule has 0 fully saturated rings. The molecule has 0 saturated carbocycles. The lowest BCUT2D eigenvalue weighted by Crippen LogP contribution is -2.32. The summed E-state index contributed by atoms with van der Waals surface area (Å²) in [6, 6.07) is 8.98. The summed E-state index contributed by atoms with van der Waals surface area (Å²) in [6.45, 7) is 2.38. The molecule has 0 heterocycles. The van der Waals surface area contributed by atoms with Gasteiger partial charge in [0, 0.05) is 6.54 Å². The number of methoxy groups -OCH3 is 5. The molecule has 7 nitrogen and oxygen atoms in total. The first-order valence-corrected chi connectivity index (χ1v) is 8.84. The summed E-state index contributed by atoms with van der Waals surface area (Å²) in [4.78, 5) is 14.7. The number of benzene rings is 2. The van der Waals surface area contributed by atoms with Crippen molar-refractivity contribution < 1.29 is 28.5 Å². The van der Waals surface area contributed by atoms with Crippen molar-refractivity contribution in [1.29, 1.82) is 0 Å². The maximum Gasteiger partial charge on any atom is 0.231 e. The number of anilines is 1. The van der Waals surface area contributed by atoms with Gasteiger partial charge in [-0.15, -0.1) is 0 Å². The minimum Gasteiger partial charge on any atom is -0.493 e. The summed E-state index contributed by atoms with van der Waals surface area (Å²) in [5, 5.41) is 0. The van der Waals surface area contributed by atoms with Crippen LogP contribution >= 0.6 is 0 Å². The lowest BCUT2D eigenvalue weighted by Gasteiger charge is -2.25. The molecule has 152 valence electrons. The lowest BCUT2D eigenvalue weighted by molar-refractivity contribution is -0.117. The summed E-state index contributed by atoms with van der Waals surface area (Å²) < 4.78 is 26.8. The highest BCUT2D eigenvalue weighted by molar-refractivity contribution is 5.97. The van der Waals surface area contributed by atoms with Crippen molar-refractivity contribution in [2.24, 2.45) is 0 Å². The van der Waals surface area contributed by atoms with Crippen LogP contribution in [0.2, 0.25) is 0 Å². The van der Waals surface area contributed by atoms with E-state index >= 15 is 0 Å². The van der Waals surface area contributed by atoms with E-state index in [0.29, 0.717) is 41.0 Å². The van der Waals surface area contributed by atoms with Gasteiger partial charge in [-0.25, -0.2) is 0 Å². The zero-order chi connectivity index (χ0) is 20.7. The molecule has 2 rings (SSSR count). The average Bonchev–Trinajstić information content (AvgIpc) is 2.73. The van der Waals surface area contributed by atoms with Crippen molar-refractivity contribution in [2.45, 2.75) is 13.3 Å². The second kappa shape index (κ2) is 9.73. The quantitative estimate of drug-likeness (QED) is 0.655. The number of carbonyl (C=O) groups excluding carboxylic acids is 1. The van der Waals surface area contributed by atoms with Gasteiger partial charge in [0.1, 0.15) is 0 Å². The number of rotatable bonds is 9. The molecule has 1 amide bonds. The van der Waals surface area contributed by atoms with Crippen molar-refractivity contribution in [3.8, 4) is 28.7 Å². The van der Waals surface area contributed by atoms with Crippen LogP contribution in [0, 0.1) is 0 Å². The molecule has 2 aromatic carbocycles. The zero-order valence-electron chi connectivity index (χ0n) is 17.2. The number of likely N-dealkylation sites (N-methyl/N-ethyl adjacent to an activating group) is 1. The van der Waals surface area contributed by atoms with Crippen LogP contribution < -0.4 is 28.6 Å². The topological polar surface area (TPSA) is 66.5 Å². The first-order valence-electron chi connectivity index (χ1n) is 8.84. The van der Waals surface area contributed by atoms with Crippen LogP contribution in [0.3, 0.4) is 0 Å². The van der Waals surface area contributed by atoms with E-state index in [1.165, 1.54) is 14.2 Å². The van der Waals surface area contributed by atoms with Crippen LogP contribution in [0.4, 0.5) is 5.69 Å². The summed E-state index contributed by atoms with van der Waals surface area (Å²) in [5.74, 6) is 2.54. The van der Waals surface area contributed by atoms with Crippen molar-refractivity contribution in [3.05, 3.63) is 35.9 Å². The number of hydrogen-bond donors (Lipinski definition) is 0. The third kappa shape index (κ3) is 4.24. The molecule has 0 aliphatic carbocycles. The van der Waals surface area contributed by atoms with E-state index in [4.69, 9.17) is 23.7 Å². The number of amides is 1. The van der Waals surface area contributed by atoms with Gasteiger partial charge in [-0.2, -0.15) is 0 Å². The van der Waals surface area contributed by atoms with Gasteiger partial charge >= 0.3 is 0 Å². The summed E-state index contributed by atoms with van der Waals surface area (Å²) in [6.07, 6.45) is 0.200. The van der Waals surface area contributed by atoms with E-state index in [0.717, 1.165) is 5.56 Å². The van der Waals surface area contributed by atoms with Crippen LogP contribution in [0.15, 0.2) is 30.3 Å². The highest BCUT2D eigenvalue weighted by Crippen LogP contribution is 2.44. The van der Waals surface area contributed by atoms with E-state index in [1.54, 1.807) is 50.5 Å². The predicted octanol–water partition coefficient (Wildman–Crippen LogP) is 3.33. The fraction of sp³-hybridized carbons (Fsp3) is 0.381. The first kappa shape index (κ1) is 21.2. The SMILES string of the molecule is CCN(C(=O)Cc1ccc(OC)c(OC)c1)c1ccc(OC)c(OC)c1OC. The third-order valence-corrected chi connectivity index (χ3v) is 4.39. The van der Waals surface area contributed by atoms with Gasteiger partial charge in [-0.1, -0.05) is 6.07 Å². The molecular formula is C21H27NO6. The second-order valence-corrected chi connectivity index (χ2v) is 5.86. The summed E-state index contributed by atoms with van der Waals surface area (Å²) in [5.41, 5.74) is 1.44. The molecular weight excluding hydrogens is 362 g/mol. The maximum atomic E-state index is 13.0. The number of ether oxygens (including phenoxy) is 5. The molecule has 7 heteroatoms. The van der Waals surface area contributed by atoms with Crippen LogP contribution in [0.5, 0.6) is 28.7 Å². The second-order valence-electron chi connectivity index (χ2n) is 5.86. The minimum absolute atomic E-state index is 0.0831. The van der Waals surface area contributed by atoms with Gasteiger partial charge in [0.15, 0.2) is 23.0 Å². The molecule has 0 atom stereocenters. The molecule has 0 bridgehead atoms. The van der Waals surface area contributed by atoms with Gasteiger partial charge in [-0.05, 0) is 36.8 Å². The number of nitrogens with zero attached hydrogens (tertiary/aromatic N) is 1. The monoisotopic (exact) mass is 389 g/mol. The molecule has 0 spiro atoms. The van der Waals surface area contributed by atoms with Crippen molar-refractivity contribution in [2.75, 3.05) is 47.0 Å². The number of carbonyl (C=O) groups is 1. The first-order chi connectivity index (χ1) is 13.5. The van der Waals surface area contributed by atoms with Crippen LogP contribution in [0.1, 0.15) is 12.5 Å². The Labute approximate surface area is 165 Å². The molecule has 0 saturated heterocycles. The Bertz CT molecular complexity index is 821. The molecule has 2 aromatic rings. The van der Waals surface area contributed by atoms with E-state index in [2.05, 4.69) is 0 Å². The fourth-order valence-corrected chi connectivity index (χ4v) is 3.04. The molecule has 0 N–H and O–H groups in total. The largest absolute Gasteiger partial charge is 0.493 e. The minimum atomic E-state index is -0.0831. The smallest absolute Gasteiger partial charge is 0.231 e. The van der Waals surface area contributed by atoms with Crippen LogP contribution in [-0.2, 0) is 11.2 Å². The van der Waals surface area contributed by atoms with Gasteiger partial charge in [0.05, 0.1) is 47.7 Å². The lowest BCUT2D eigenvalue weighted by atomic mass is 10.1. The van der Waals surface area contributed by atoms with E-state index in [1.807, 2.05) is 13.0 Å². The Balaban J connectivity index is 2.36. The predicted molar refractivity (Wildman–Crippen MR) is 107 cm³/mol. The molecule has 0 aliphatic rings. The standard InChI is InChI=1S/C21H27NO6/c1-7-22(15-9-11-17(25-3)21(28-6)20(15)27-5)19(23)13-14-8-10-16(24-2)18(12-14)26-4/h8-12H,7,13H2,1-6H3. The van der Waals surface area contributed by atoms with E-state index in [9.17, 15) is 4.79 Å². The van der Waals surface area contributed by atoms with Crippen LogP contribution in [0.25, 0.3) is 0 Å². The fourth-order valence-electron chi connectivity index (χ4n) is 3.04. The highest BCUT2D eigenvalue weighted by Gasteiger charge is 2.23. The zero-order valence-corrected chi connectivity index (χ0v) is 17.2. The Hall–Kier alpha value is -3.09. The summed E-state index contributed by atoms with van der Waals surface area (Å²) in [7, 11) is 7.76. The van der Waals surface area contributed by atoms with Gasteiger partial charge < -0.3 is 28.6 Å². The van der Waals surface area contributed by atoms with E-state index < -0.39 is 0 Å². The Morgan fingerprint density at radius 3 is 1.93 bits per heavy atom. The van der Waals surface area contributed by atoms with Crippen molar-refractivity contribution in [3.63, 3.8) is 0 Å². The molecule has 0 aromatic heterocycles. The third-order valence-electron chi connectivity index (χ3n) is 4.39. The van der Waals surface area contributed by atoms with Crippen molar-refractivity contribution >= 4 is 11.6 Å².